The van der Waals surface area contributed by atoms with E-state index in [4.69, 9.17) is 56.8 Å². The lowest BCUT2D eigenvalue weighted by Gasteiger charge is -2.16. The molecule has 0 atom stereocenters. The van der Waals surface area contributed by atoms with Gasteiger partial charge in [0, 0.05) is 0 Å². The Morgan fingerprint density at radius 3 is 0.857 bits per heavy atom. The summed E-state index contributed by atoms with van der Waals surface area (Å²) in [6.45, 7) is -1.36. The molecule has 24 heteroatoms. The van der Waals surface area contributed by atoms with E-state index in [0.29, 0.717) is 0 Å². The minimum atomic E-state index is -1.47. The van der Waals surface area contributed by atoms with Gasteiger partial charge in [0.15, 0.2) is 34.5 Å². The number of ether oxygens (including phenoxy) is 12. The smallest absolute Gasteiger partial charge is 0.493 e. The molecule has 3 aromatic rings. The molecule has 0 spiro atoms. The Morgan fingerprint density at radius 2 is 0.619 bits per heavy atom. The van der Waals surface area contributed by atoms with Crippen LogP contribution in [0.15, 0.2) is 36.4 Å². The van der Waals surface area contributed by atoms with Crippen molar-refractivity contribution in [3.05, 3.63) is 53.1 Å². The second-order valence-electron chi connectivity index (χ2n) is 11.8. The Kier molecular flexibility index (Phi) is 19.6. The molecule has 0 aliphatic rings. The van der Waals surface area contributed by atoms with Gasteiger partial charge in [0.2, 0.25) is 17.2 Å². The second kappa shape index (κ2) is 25.0. The molecule has 0 aromatic heterocycles. The molecule has 0 aliphatic carbocycles. The Labute approximate surface area is 358 Å². The molecule has 344 valence electrons. The van der Waals surface area contributed by atoms with E-state index in [1.807, 2.05) is 0 Å². The zero-order valence-corrected chi connectivity index (χ0v) is 35.4. The van der Waals surface area contributed by atoms with Crippen molar-refractivity contribution >= 4 is 36.4 Å². The predicted octanol–water partition coefficient (Wildman–Crippen LogP) is 5.24. The van der Waals surface area contributed by atoms with Gasteiger partial charge in [0.1, 0.15) is 0 Å². The summed E-state index contributed by atoms with van der Waals surface area (Å²) < 4.78 is 61.7. The lowest BCUT2D eigenvalue weighted by atomic mass is 10.0. The first-order valence-electron chi connectivity index (χ1n) is 17.9. The van der Waals surface area contributed by atoms with E-state index in [0.717, 1.165) is 0 Å². The summed E-state index contributed by atoms with van der Waals surface area (Å²) in [6, 6.07) is 7.49. The van der Waals surface area contributed by atoms with Crippen LogP contribution in [0, 0.1) is 5.92 Å². The van der Waals surface area contributed by atoms with Crippen molar-refractivity contribution < 1.29 is 115 Å². The fraction of sp³-hybridized carbons (Fsp3) is 0.385. The number of benzene rings is 3. The summed E-state index contributed by atoms with van der Waals surface area (Å²) in [5.41, 5.74) is -0.415. The molecule has 0 saturated carbocycles. The van der Waals surface area contributed by atoms with Crippen LogP contribution < -0.4 is 42.6 Å². The van der Waals surface area contributed by atoms with Gasteiger partial charge in [-0.2, -0.15) is 14.4 Å². The van der Waals surface area contributed by atoms with Crippen LogP contribution in [0.5, 0.6) is 51.7 Å². The minimum absolute atomic E-state index is 0.108. The van der Waals surface area contributed by atoms with Crippen LogP contribution in [0.2, 0.25) is 0 Å². The molecule has 0 unspecified atom stereocenters. The SMILES string of the molecule is COc1cc(C(=O)OOC(=O)OCCC(CCOC(=O)OOC(=O)c2cc(OC)c(OC)c(OC)c2)COC(=O)OOC(=O)c2cc(OC)c(OC)c(OC)c2)cc(OC)c1OC. The largest absolute Gasteiger partial charge is 0.549 e. The van der Waals surface area contributed by atoms with Gasteiger partial charge in [0.05, 0.1) is 100 Å². The van der Waals surface area contributed by atoms with E-state index in [1.54, 1.807) is 0 Å². The molecule has 0 amide bonds. The number of rotatable bonds is 20. The van der Waals surface area contributed by atoms with Crippen LogP contribution in [0.3, 0.4) is 0 Å². The summed E-state index contributed by atoms with van der Waals surface area (Å²) in [4.78, 5) is 102. The van der Waals surface area contributed by atoms with Crippen LogP contribution in [0.1, 0.15) is 43.9 Å². The molecule has 3 rings (SSSR count). The second-order valence-corrected chi connectivity index (χ2v) is 11.8. The van der Waals surface area contributed by atoms with Gasteiger partial charge in [-0.3, -0.25) is 0 Å². The quantitative estimate of drug-likeness (QED) is 0.0607. The van der Waals surface area contributed by atoms with E-state index < -0.39 is 62.1 Å². The third-order valence-electron chi connectivity index (χ3n) is 8.19. The Bertz CT molecular complexity index is 1890. The van der Waals surface area contributed by atoms with Crippen molar-refractivity contribution in [2.45, 2.75) is 12.8 Å². The van der Waals surface area contributed by atoms with Gasteiger partial charge in [-0.05, 0) is 55.2 Å². The van der Waals surface area contributed by atoms with Crippen LogP contribution in [-0.2, 0) is 43.5 Å². The summed E-state index contributed by atoms with van der Waals surface area (Å²) in [5, 5.41) is 0. The van der Waals surface area contributed by atoms with Gasteiger partial charge in [0.25, 0.3) is 0 Å². The van der Waals surface area contributed by atoms with Crippen molar-refractivity contribution in [1.82, 2.24) is 0 Å². The van der Waals surface area contributed by atoms with Crippen molar-refractivity contribution in [3.63, 3.8) is 0 Å². The summed E-state index contributed by atoms with van der Waals surface area (Å²) in [5.74, 6) is -2.90. The molecule has 0 radical (unpaired) electrons. The summed E-state index contributed by atoms with van der Waals surface area (Å²) in [6.07, 6.45) is -4.57. The lowest BCUT2D eigenvalue weighted by molar-refractivity contribution is -0.206. The van der Waals surface area contributed by atoms with E-state index in [9.17, 15) is 28.8 Å². The highest BCUT2D eigenvalue weighted by atomic mass is 17.2. The molecular weight excluding hydrogens is 852 g/mol. The molecule has 0 saturated heterocycles. The topological polar surface area (TPSA) is 269 Å². The minimum Gasteiger partial charge on any atom is -0.493 e. The van der Waals surface area contributed by atoms with Gasteiger partial charge in [-0.1, -0.05) is 0 Å². The monoisotopic (exact) mass is 896 g/mol. The van der Waals surface area contributed by atoms with Crippen molar-refractivity contribution in [2.24, 2.45) is 5.92 Å². The van der Waals surface area contributed by atoms with Crippen molar-refractivity contribution in [2.75, 3.05) is 83.8 Å². The van der Waals surface area contributed by atoms with Crippen LogP contribution in [-0.4, -0.2) is 120 Å². The molecule has 0 N–H and O–H groups in total. The normalized spacial score (nSPS) is 10.2. The van der Waals surface area contributed by atoms with E-state index in [2.05, 4.69) is 29.3 Å². The number of methoxy groups -OCH3 is 9. The number of carbonyl (C=O) groups excluding carboxylic acids is 6. The van der Waals surface area contributed by atoms with E-state index in [1.165, 1.54) is 100 Å². The zero-order chi connectivity index (χ0) is 46.5. The van der Waals surface area contributed by atoms with Crippen molar-refractivity contribution in [1.29, 1.82) is 0 Å². The first-order valence-corrected chi connectivity index (χ1v) is 17.9. The first kappa shape index (κ1) is 49.4. The predicted molar refractivity (Wildman–Crippen MR) is 205 cm³/mol. The van der Waals surface area contributed by atoms with Crippen LogP contribution in [0.4, 0.5) is 14.4 Å². The average Bonchev–Trinajstić information content (AvgIpc) is 3.31. The third-order valence-corrected chi connectivity index (χ3v) is 8.19. The highest BCUT2D eigenvalue weighted by molar-refractivity contribution is 5.92. The summed E-state index contributed by atoms with van der Waals surface area (Å²) >= 11 is 0. The van der Waals surface area contributed by atoms with Gasteiger partial charge >= 0.3 is 36.4 Å². The molecule has 0 bridgehead atoms. The number of hydrogen-bond donors (Lipinski definition) is 0. The number of carbonyl (C=O) groups is 6. The Balaban J connectivity index is 1.59. The highest BCUT2D eigenvalue weighted by Gasteiger charge is 2.24. The molecule has 0 heterocycles. The Hall–Kier alpha value is -7.92. The highest BCUT2D eigenvalue weighted by Crippen LogP contribution is 2.40. The van der Waals surface area contributed by atoms with Crippen LogP contribution >= 0.6 is 0 Å². The van der Waals surface area contributed by atoms with Gasteiger partial charge in [-0.25, -0.2) is 43.7 Å². The van der Waals surface area contributed by atoms with Gasteiger partial charge < -0.3 is 56.8 Å². The molecule has 63 heavy (non-hydrogen) atoms. The summed E-state index contributed by atoms with van der Waals surface area (Å²) in [7, 11) is 12.0. The van der Waals surface area contributed by atoms with E-state index in [-0.39, 0.29) is 81.3 Å². The molecule has 24 nitrogen and oxygen atoms in total. The molecule has 0 aliphatic heterocycles. The zero-order valence-electron chi connectivity index (χ0n) is 35.4. The molecule has 3 aromatic carbocycles. The molecule has 0 fully saturated rings. The van der Waals surface area contributed by atoms with Crippen LogP contribution in [0.25, 0.3) is 0 Å². The maximum atomic E-state index is 12.6. The standard InChI is InChI=1S/C39H44O24/c1-46-25-14-22(15-26(47-2)31(25)52-7)34(40)58-61-37(43)55-12-10-21(20-57-39(45)63-60-36(42)24-18-29(50-5)33(54-9)30(19-24)51-6)11-13-56-38(44)62-59-35(41)23-16-27(48-3)32(53-8)28(17-23)49-4/h14-19,21H,10-13,20H2,1-9H3. The average molecular weight is 897 g/mol. The lowest BCUT2D eigenvalue weighted by Crippen LogP contribution is -2.21. The fourth-order valence-corrected chi connectivity index (χ4v) is 5.14. The fourth-order valence-electron chi connectivity index (χ4n) is 5.14. The first-order chi connectivity index (χ1) is 30.3. The maximum absolute atomic E-state index is 12.6. The van der Waals surface area contributed by atoms with Crippen molar-refractivity contribution in [3.8, 4) is 51.7 Å². The van der Waals surface area contributed by atoms with Gasteiger partial charge in [-0.15, -0.1) is 0 Å². The number of hydrogen-bond acceptors (Lipinski definition) is 24. The third kappa shape index (κ3) is 14.1. The maximum Gasteiger partial charge on any atom is 0.549 e. The molecular formula is C39H44O24. The van der Waals surface area contributed by atoms with E-state index >= 15 is 0 Å². The Morgan fingerprint density at radius 1 is 0.365 bits per heavy atom.